The number of hydrogen-bond acceptors (Lipinski definition) is 5. The normalized spacial score (nSPS) is 18.0. The molecule has 2 aliphatic heterocycles. The molecular weight excluding hydrogens is 417 g/mol. The maximum Gasteiger partial charge on any atom is 0.129 e. The van der Waals surface area contributed by atoms with E-state index in [-0.39, 0.29) is 5.54 Å². The van der Waals surface area contributed by atoms with Gasteiger partial charge >= 0.3 is 0 Å². The number of benzene rings is 2. The fourth-order valence-corrected chi connectivity index (χ4v) is 4.55. The number of likely N-dealkylation sites (tertiary alicyclic amines) is 1. The first-order valence-corrected chi connectivity index (χ1v) is 10.9. The minimum atomic E-state index is -0.243. The van der Waals surface area contributed by atoms with Crippen LogP contribution in [0, 0.1) is 0 Å². The van der Waals surface area contributed by atoms with Crippen molar-refractivity contribution in [1.29, 1.82) is 0 Å². The third-order valence-corrected chi connectivity index (χ3v) is 6.75. The smallest absolute Gasteiger partial charge is 0.129 e. The number of halogens is 2. The highest BCUT2D eigenvalue weighted by Gasteiger charge is 2.41. The number of pyridine rings is 1. The second kappa shape index (κ2) is 7.73. The lowest BCUT2D eigenvalue weighted by Crippen LogP contribution is -2.58. The van der Waals surface area contributed by atoms with Crippen molar-refractivity contribution >= 4 is 51.3 Å². The van der Waals surface area contributed by atoms with Crippen LogP contribution >= 0.6 is 23.2 Å². The van der Waals surface area contributed by atoms with Crippen molar-refractivity contribution in [3.63, 3.8) is 0 Å². The number of aromatic nitrogens is 1. The molecule has 5 rings (SSSR count). The summed E-state index contributed by atoms with van der Waals surface area (Å²) in [5.74, 6) is 0.941. The molecule has 3 aromatic rings. The third kappa shape index (κ3) is 3.62. The summed E-state index contributed by atoms with van der Waals surface area (Å²) in [6.07, 6.45) is 1.92. The van der Waals surface area contributed by atoms with Gasteiger partial charge in [-0.15, -0.1) is 0 Å². The summed E-state index contributed by atoms with van der Waals surface area (Å²) in [6.45, 7) is 2.61. The summed E-state index contributed by atoms with van der Waals surface area (Å²) in [7, 11) is 2.16. The number of amidine groups is 1. The monoisotopic (exact) mass is 439 g/mol. The van der Waals surface area contributed by atoms with E-state index >= 15 is 0 Å². The predicted octanol–water partition coefficient (Wildman–Crippen LogP) is 5.25. The van der Waals surface area contributed by atoms with E-state index in [1.54, 1.807) is 0 Å². The molecule has 30 heavy (non-hydrogen) atoms. The highest BCUT2D eigenvalue weighted by atomic mass is 35.5. The largest absolute Gasteiger partial charge is 0.371 e. The molecule has 3 heterocycles. The molecule has 5 nitrogen and oxygen atoms in total. The summed E-state index contributed by atoms with van der Waals surface area (Å²) in [5, 5.41) is 9.51. The van der Waals surface area contributed by atoms with Gasteiger partial charge in [-0.1, -0.05) is 47.5 Å². The van der Waals surface area contributed by atoms with Crippen LogP contribution in [-0.2, 0) is 6.54 Å². The molecule has 0 aliphatic carbocycles. The van der Waals surface area contributed by atoms with Crippen LogP contribution in [-0.4, -0.2) is 41.4 Å². The Kier molecular flexibility index (Phi) is 5.05. The minimum Gasteiger partial charge on any atom is -0.371 e. The highest BCUT2D eigenvalue weighted by molar-refractivity contribution is 6.42. The van der Waals surface area contributed by atoms with Gasteiger partial charge in [0.2, 0.25) is 0 Å². The number of para-hydroxylation sites is 1. The van der Waals surface area contributed by atoms with Crippen LogP contribution < -0.4 is 10.6 Å². The first kappa shape index (κ1) is 19.6. The standard InChI is InChI=1S/C23H23Cl2N5/c1-30-10-8-23(9-11-30)22(28-20-12-17(24)18(25)13-21(20)29-23)26-14-16-7-6-15-4-2-3-5-19(15)27-16/h2-7,12-13,29H,8-11,14H2,1H3,(H,26,28). The molecule has 2 N–H and O–H groups in total. The van der Waals surface area contributed by atoms with Crippen molar-refractivity contribution in [2.45, 2.75) is 24.9 Å². The van der Waals surface area contributed by atoms with Gasteiger partial charge in [0.1, 0.15) is 5.84 Å². The molecule has 7 heteroatoms. The van der Waals surface area contributed by atoms with Crippen molar-refractivity contribution in [2.24, 2.45) is 4.99 Å². The van der Waals surface area contributed by atoms with Gasteiger partial charge in [-0.25, -0.2) is 4.99 Å². The van der Waals surface area contributed by atoms with Crippen molar-refractivity contribution < 1.29 is 0 Å². The van der Waals surface area contributed by atoms with E-state index in [0.717, 1.165) is 59.7 Å². The topological polar surface area (TPSA) is 52.5 Å². The van der Waals surface area contributed by atoms with Gasteiger partial charge in [-0.2, -0.15) is 0 Å². The van der Waals surface area contributed by atoms with Gasteiger partial charge in [-0.05, 0) is 44.2 Å². The van der Waals surface area contributed by atoms with Gasteiger partial charge in [0.25, 0.3) is 0 Å². The van der Waals surface area contributed by atoms with Gasteiger partial charge in [0, 0.05) is 18.5 Å². The SMILES string of the molecule is CN1CCC2(CC1)Nc1cc(Cl)c(Cl)cc1N=C2NCc1ccc2ccccc2n1. The van der Waals surface area contributed by atoms with E-state index in [2.05, 4.69) is 40.8 Å². The highest BCUT2D eigenvalue weighted by Crippen LogP contribution is 2.41. The fraction of sp³-hybridized carbons (Fsp3) is 0.304. The van der Waals surface area contributed by atoms with E-state index in [9.17, 15) is 0 Å². The van der Waals surface area contributed by atoms with E-state index < -0.39 is 0 Å². The Hall–Kier alpha value is -2.34. The van der Waals surface area contributed by atoms with Crippen LogP contribution in [0.2, 0.25) is 10.0 Å². The van der Waals surface area contributed by atoms with Crippen LogP contribution in [0.3, 0.4) is 0 Å². The molecule has 1 spiro atoms. The molecule has 0 radical (unpaired) electrons. The molecule has 154 valence electrons. The third-order valence-electron chi connectivity index (χ3n) is 6.03. The number of rotatable bonds is 2. The lowest BCUT2D eigenvalue weighted by Gasteiger charge is -2.45. The fourth-order valence-electron chi connectivity index (χ4n) is 4.23. The Morgan fingerprint density at radius 3 is 2.67 bits per heavy atom. The second-order valence-electron chi connectivity index (χ2n) is 8.10. The van der Waals surface area contributed by atoms with Gasteiger partial charge in [0.15, 0.2) is 0 Å². The summed E-state index contributed by atoms with van der Waals surface area (Å²) < 4.78 is 0. The Morgan fingerprint density at radius 2 is 1.83 bits per heavy atom. The molecule has 0 bridgehead atoms. The molecule has 2 aliphatic rings. The number of hydrogen-bond donors (Lipinski definition) is 2. The maximum atomic E-state index is 6.27. The van der Waals surface area contributed by atoms with Gasteiger partial charge in [-0.3, -0.25) is 4.98 Å². The Balaban J connectivity index is 1.47. The summed E-state index contributed by atoms with van der Waals surface area (Å²) >= 11 is 12.5. The van der Waals surface area contributed by atoms with Crippen LogP contribution in [0.5, 0.6) is 0 Å². The van der Waals surface area contributed by atoms with Crippen LogP contribution in [0.15, 0.2) is 53.5 Å². The van der Waals surface area contributed by atoms with E-state index in [4.69, 9.17) is 33.2 Å². The summed E-state index contributed by atoms with van der Waals surface area (Å²) in [4.78, 5) is 12.1. The number of nitrogens with one attached hydrogen (secondary N) is 2. The average molecular weight is 440 g/mol. The molecule has 0 unspecified atom stereocenters. The minimum absolute atomic E-state index is 0.243. The number of anilines is 1. The number of fused-ring (bicyclic) bond motifs is 2. The van der Waals surface area contributed by atoms with Crippen molar-refractivity contribution in [3.05, 3.63) is 64.3 Å². The lowest BCUT2D eigenvalue weighted by molar-refractivity contribution is 0.238. The predicted molar refractivity (Wildman–Crippen MR) is 125 cm³/mol. The quantitative estimate of drug-likeness (QED) is 0.572. The first-order chi connectivity index (χ1) is 14.5. The molecule has 0 atom stereocenters. The van der Waals surface area contributed by atoms with E-state index in [1.165, 1.54) is 0 Å². The summed E-state index contributed by atoms with van der Waals surface area (Å²) in [5.41, 5.74) is 3.49. The van der Waals surface area contributed by atoms with Crippen molar-refractivity contribution in [1.82, 2.24) is 15.2 Å². The zero-order chi connectivity index (χ0) is 20.7. The molecule has 1 fully saturated rings. The van der Waals surface area contributed by atoms with Crippen LogP contribution in [0.25, 0.3) is 10.9 Å². The maximum absolute atomic E-state index is 6.27. The first-order valence-electron chi connectivity index (χ1n) is 10.2. The summed E-state index contributed by atoms with van der Waals surface area (Å²) in [6, 6.07) is 16.0. The van der Waals surface area contributed by atoms with Gasteiger partial charge < -0.3 is 15.5 Å². The molecule has 0 saturated carbocycles. The average Bonchev–Trinajstić information content (AvgIpc) is 2.75. The zero-order valence-corrected chi connectivity index (χ0v) is 18.3. The Morgan fingerprint density at radius 1 is 1.07 bits per heavy atom. The van der Waals surface area contributed by atoms with Crippen molar-refractivity contribution in [3.8, 4) is 0 Å². The van der Waals surface area contributed by atoms with E-state index in [1.807, 2.05) is 30.3 Å². The molecule has 1 saturated heterocycles. The molecule has 1 aromatic heterocycles. The number of nitrogens with zero attached hydrogens (tertiary/aromatic N) is 3. The molecule has 0 amide bonds. The second-order valence-corrected chi connectivity index (χ2v) is 8.92. The van der Waals surface area contributed by atoms with Crippen LogP contribution in [0.1, 0.15) is 18.5 Å². The Bertz CT molecular complexity index is 1140. The lowest BCUT2D eigenvalue weighted by atomic mass is 9.84. The zero-order valence-electron chi connectivity index (χ0n) is 16.8. The van der Waals surface area contributed by atoms with E-state index in [0.29, 0.717) is 16.6 Å². The number of piperidine rings is 1. The molecule has 2 aromatic carbocycles. The van der Waals surface area contributed by atoms with Crippen molar-refractivity contribution in [2.75, 3.05) is 25.5 Å². The molecular formula is C23H23Cl2N5. The number of aliphatic imine (C=N–C) groups is 1. The van der Waals surface area contributed by atoms with Gasteiger partial charge in [0.05, 0.1) is 44.7 Å². The Labute approximate surface area is 186 Å². The van der Waals surface area contributed by atoms with Crippen LogP contribution in [0.4, 0.5) is 11.4 Å².